The Bertz CT molecular complexity index is 576. The first kappa shape index (κ1) is 13.5. The number of hydrogen-bond donors (Lipinski definition) is 2. The standard InChI is InChI=1S/C14H14F3NO2/c1-7-2-8(11-5-18-11)4-9(3-7)12-10(6-20-12)13(19)14(15,16)17/h2-4,11-12,18-19H,5-6H2,1H3/b13-10-. The second-order valence-corrected chi connectivity index (χ2v) is 5.20. The van der Waals surface area contributed by atoms with Gasteiger partial charge >= 0.3 is 6.18 Å². The number of benzene rings is 1. The van der Waals surface area contributed by atoms with E-state index in [1.807, 2.05) is 19.1 Å². The molecule has 2 atom stereocenters. The molecule has 2 N–H and O–H groups in total. The van der Waals surface area contributed by atoms with Gasteiger partial charge in [-0.3, -0.25) is 0 Å². The third-order valence-corrected chi connectivity index (χ3v) is 3.53. The number of nitrogens with one attached hydrogen (secondary N) is 1. The summed E-state index contributed by atoms with van der Waals surface area (Å²) in [6.07, 6.45) is -5.52. The van der Waals surface area contributed by atoms with Gasteiger partial charge in [0.25, 0.3) is 0 Å². The zero-order valence-electron chi connectivity index (χ0n) is 10.8. The first-order valence-corrected chi connectivity index (χ1v) is 6.32. The van der Waals surface area contributed by atoms with Gasteiger partial charge in [0, 0.05) is 18.2 Å². The second-order valence-electron chi connectivity index (χ2n) is 5.20. The zero-order valence-corrected chi connectivity index (χ0v) is 10.8. The molecule has 0 aliphatic carbocycles. The van der Waals surface area contributed by atoms with Crippen molar-refractivity contribution >= 4 is 0 Å². The summed E-state index contributed by atoms with van der Waals surface area (Å²) in [5.74, 6) is -1.53. The molecule has 0 amide bonds. The van der Waals surface area contributed by atoms with Crippen LogP contribution < -0.4 is 5.32 Å². The van der Waals surface area contributed by atoms with Crippen LogP contribution in [0.2, 0.25) is 0 Å². The van der Waals surface area contributed by atoms with E-state index in [4.69, 9.17) is 4.74 Å². The Morgan fingerprint density at radius 2 is 1.95 bits per heavy atom. The van der Waals surface area contributed by atoms with Gasteiger partial charge in [0.15, 0.2) is 0 Å². The van der Waals surface area contributed by atoms with E-state index in [9.17, 15) is 18.3 Å². The number of ether oxygens (including phenoxy) is 1. The average Bonchev–Trinajstić information content (AvgIpc) is 3.08. The molecule has 108 valence electrons. The molecule has 0 spiro atoms. The maximum atomic E-state index is 12.5. The number of halogens is 3. The SMILES string of the molecule is Cc1cc(C2CN2)cc(C2OC/C2=C(/O)C(F)(F)F)c1. The van der Waals surface area contributed by atoms with E-state index in [0.29, 0.717) is 5.56 Å². The minimum absolute atomic E-state index is 0.0993. The summed E-state index contributed by atoms with van der Waals surface area (Å²) in [7, 11) is 0. The molecule has 2 saturated heterocycles. The highest BCUT2D eigenvalue weighted by molar-refractivity contribution is 5.40. The van der Waals surface area contributed by atoms with Crippen molar-refractivity contribution in [3.63, 3.8) is 0 Å². The maximum Gasteiger partial charge on any atom is 0.448 e. The van der Waals surface area contributed by atoms with Crippen molar-refractivity contribution in [1.29, 1.82) is 0 Å². The summed E-state index contributed by atoms with van der Waals surface area (Å²) in [5.41, 5.74) is 2.57. The van der Waals surface area contributed by atoms with Crippen LogP contribution in [-0.4, -0.2) is 24.4 Å². The van der Waals surface area contributed by atoms with Gasteiger partial charge in [0.1, 0.15) is 6.10 Å². The monoisotopic (exact) mass is 285 g/mol. The summed E-state index contributed by atoms with van der Waals surface area (Å²) in [6, 6.07) is 5.90. The highest BCUT2D eigenvalue weighted by Crippen LogP contribution is 2.41. The number of alkyl halides is 3. The fourth-order valence-corrected chi connectivity index (χ4v) is 2.41. The first-order chi connectivity index (χ1) is 9.36. The van der Waals surface area contributed by atoms with Crippen LogP contribution in [0, 0.1) is 6.92 Å². The van der Waals surface area contributed by atoms with Gasteiger partial charge in [0.2, 0.25) is 5.76 Å². The number of aliphatic hydroxyl groups excluding tert-OH is 1. The van der Waals surface area contributed by atoms with E-state index < -0.39 is 18.0 Å². The molecule has 1 aromatic carbocycles. The maximum absolute atomic E-state index is 12.5. The number of aryl methyl sites for hydroxylation is 1. The molecule has 0 bridgehead atoms. The van der Waals surface area contributed by atoms with Crippen LogP contribution in [0.4, 0.5) is 13.2 Å². The topological polar surface area (TPSA) is 51.4 Å². The largest absolute Gasteiger partial charge is 0.504 e. The molecule has 2 aliphatic rings. The Kier molecular flexibility index (Phi) is 3.02. The number of rotatable bonds is 2. The van der Waals surface area contributed by atoms with E-state index >= 15 is 0 Å². The van der Waals surface area contributed by atoms with Crippen LogP contribution in [0.1, 0.15) is 28.8 Å². The van der Waals surface area contributed by atoms with Crippen molar-refractivity contribution in [3.8, 4) is 0 Å². The first-order valence-electron chi connectivity index (χ1n) is 6.32. The van der Waals surface area contributed by atoms with E-state index in [0.717, 1.165) is 17.7 Å². The molecular weight excluding hydrogens is 271 g/mol. The molecule has 1 aromatic rings. The van der Waals surface area contributed by atoms with Crippen LogP contribution in [0.15, 0.2) is 29.5 Å². The molecule has 2 unspecified atom stereocenters. The van der Waals surface area contributed by atoms with Gasteiger partial charge in [-0.2, -0.15) is 13.2 Å². The third-order valence-electron chi connectivity index (χ3n) is 3.53. The fraction of sp³-hybridized carbons (Fsp3) is 0.429. The van der Waals surface area contributed by atoms with Crippen molar-refractivity contribution in [2.45, 2.75) is 25.2 Å². The predicted molar refractivity (Wildman–Crippen MR) is 66.3 cm³/mol. The minimum atomic E-state index is -4.72. The van der Waals surface area contributed by atoms with Crippen molar-refractivity contribution in [2.75, 3.05) is 13.2 Å². The van der Waals surface area contributed by atoms with Gasteiger partial charge < -0.3 is 15.2 Å². The van der Waals surface area contributed by atoms with E-state index in [-0.39, 0.29) is 18.2 Å². The molecular formula is C14H14F3NO2. The van der Waals surface area contributed by atoms with Crippen molar-refractivity contribution in [2.24, 2.45) is 0 Å². The highest BCUT2D eigenvalue weighted by Gasteiger charge is 2.42. The lowest BCUT2D eigenvalue weighted by Gasteiger charge is -2.32. The van der Waals surface area contributed by atoms with E-state index in [2.05, 4.69) is 5.32 Å². The number of aliphatic hydroxyl groups is 1. The van der Waals surface area contributed by atoms with Gasteiger partial charge in [-0.15, -0.1) is 0 Å². The molecule has 0 aromatic heterocycles. The van der Waals surface area contributed by atoms with Crippen LogP contribution in [-0.2, 0) is 4.74 Å². The summed E-state index contributed by atoms with van der Waals surface area (Å²) in [5, 5.41) is 12.4. The summed E-state index contributed by atoms with van der Waals surface area (Å²) in [4.78, 5) is 0. The Hall–Kier alpha value is -1.53. The summed E-state index contributed by atoms with van der Waals surface area (Å²) < 4.78 is 42.8. The number of hydrogen-bond acceptors (Lipinski definition) is 3. The van der Waals surface area contributed by atoms with Crippen LogP contribution in [0.5, 0.6) is 0 Å². The van der Waals surface area contributed by atoms with Crippen molar-refractivity contribution < 1.29 is 23.0 Å². The quantitative estimate of drug-likeness (QED) is 0.648. The zero-order chi connectivity index (χ0) is 14.5. The molecule has 3 nitrogen and oxygen atoms in total. The predicted octanol–water partition coefficient (Wildman–Crippen LogP) is 3.09. The molecule has 2 fully saturated rings. The van der Waals surface area contributed by atoms with Gasteiger partial charge in [-0.25, -0.2) is 0 Å². The lowest BCUT2D eigenvalue weighted by molar-refractivity contribution is -0.129. The second kappa shape index (κ2) is 4.49. The fourth-order valence-electron chi connectivity index (χ4n) is 2.41. The van der Waals surface area contributed by atoms with Crippen molar-refractivity contribution in [1.82, 2.24) is 5.32 Å². The molecule has 20 heavy (non-hydrogen) atoms. The van der Waals surface area contributed by atoms with Crippen LogP contribution >= 0.6 is 0 Å². The molecule has 3 rings (SSSR count). The molecule has 2 heterocycles. The van der Waals surface area contributed by atoms with E-state index in [1.165, 1.54) is 0 Å². The lowest BCUT2D eigenvalue weighted by Crippen LogP contribution is -2.29. The van der Waals surface area contributed by atoms with Gasteiger partial charge in [-0.05, 0) is 18.1 Å². The van der Waals surface area contributed by atoms with Crippen LogP contribution in [0.25, 0.3) is 0 Å². The smallest absolute Gasteiger partial charge is 0.448 e. The Morgan fingerprint density at radius 3 is 2.45 bits per heavy atom. The van der Waals surface area contributed by atoms with Crippen LogP contribution in [0.3, 0.4) is 0 Å². The summed E-state index contributed by atoms with van der Waals surface area (Å²) in [6.45, 7) is 2.59. The Labute approximate surface area is 114 Å². The Morgan fingerprint density at radius 1 is 1.30 bits per heavy atom. The van der Waals surface area contributed by atoms with Gasteiger partial charge in [0.05, 0.1) is 6.61 Å². The van der Waals surface area contributed by atoms with Crippen molar-refractivity contribution in [3.05, 3.63) is 46.2 Å². The molecule has 0 radical (unpaired) electrons. The summed E-state index contributed by atoms with van der Waals surface area (Å²) >= 11 is 0. The van der Waals surface area contributed by atoms with E-state index in [1.54, 1.807) is 6.07 Å². The average molecular weight is 285 g/mol. The normalized spacial score (nSPS) is 28.0. The molecule has 6 heteroatoms. The molecule has 2 aliphatic heterocycles. The third kappa shape index (κ3) is 2.41. The highest BCUT2D eigenvalue weighted by atomic mass is 19.4. The minimum Gasteiger partial charge on any atom is -0.504 e. The Balaban J connectivity index is 1.94. The number of allylic oxidation sites excluding steroid dienone is 1. The molecule has 0 saturated carbocycles. The van der Waals surface area contributed by atoms with Gasteiger partial charge in [-0.1, -0.05) is 23.8 Å². The lowest BCUT2D eigenvalue weighted by atomic mass is 9.93.